The quantitative estimate of drug-likeness (QED) is 0.745. The Morgan fingerprint density at radius 1 is 1.43 bits per heavy atom. The molecule has 14 heavy (non-hydrogen) atoms. The molecular weight excluding hydrogens is 176 g/mol. The Morgan fingerprint density at radius 3 is 2.71 bits per heavy atom. The fourth-order valence-corrected chi connectivity index (χ4v) is 1.31. The highest BCUT2D eigenvalue weighted by Crippen LogP contribution is 2.18. The van der Waals surface area contributed by atoms with E-state index in [1.165, 1.54) is 0 Å². The average Bonchev–Trinajstić information content (AvgIpc) is 2.16. The summed E-state index contributed by atoms with van der Waals surface area (Å²) in [5, 5.41) is 9.28. The van der Waals surface area contributed by atoms with Crippen molar-refractivity contribution in [3.8, 4) is 5.75 Å². The predicted molar refractivity (Wildman–Crippen MR) is 56.7 cm³/mol. The van der Waals surface area contributed by atoms with Gasteiger partial charge in [-0.2, -0.15) is 0 Å². The van der Waals surface area contributed by atoms with Gasteiger partial charge in [0, 0.05) is 0 Å². The van der Waals surface area contributed by atoms with Crippen LogP contribution in [0.3, 0.4) is 0 Å². The van der Waals surface area contributed by atoms with E-state index in [-0.39, 0.29) is 5.75 Å². The number of aromatic hydroxyl groups is 1. The van der Waals surface area contributed by atoms with E-state index in [9.17, 15) is 9.90 Å². The molecule has 0 radical (unpaired) electrons. The second kappa shape index (κ2) is 4.80. The van der Waals surface area contributed by atoms with Gasteiger partial charge in [-0.05, 0) is 36.5 Å². The lowest BCUT2D eigenvalue weighted by atomic mass is 10.0. The van der Waals surface area contributed by atoms with Gasteiger partial charge in [0.15, 0.2) is 6.29 Å². The normalized spacial score (nSPS) is 10.5. The summed E-state index contributed by atoms with van der Waals surface area (Å²) in [5.74, 6) is 0.719. The van der Waals surface area contributed by atoms with Crippen LogP contribution in [0.4, 0.5) is 0 Å². The van der Waals surface area contributed by atoms with Gasteiger partial charge in [0.05, 0.1) is 5.56 Å². The number of phenolic OH excluding ortho intramolecular Hbond substituents is 1. The SMILES string of the molecule is CC(C)CCc1ccc(O)c(C=O)c1. The van der Waals surface area contributed by atoms with Crippen molar-refractivity contribution in [2.45, 2.75) is 26.7 Å². The number of hydrogen-bond donors (Lipinski definition) is 1. The number of carbonyl (C=O) groups excluding carboxylic acids is 1. The summed E-state index contributed by atoms with van der Waals surface area (Å²) in [5.41, 5.74) is 1.49. The van der Waals surface area contributed by atoms with Gasteiger partial charge in [-0.3, -0.25) is 4.79 Å². The van der Waals surface area contributed by atoms with Crippen molar-refractivity contribution in [3.63, 3.8) is 0 Å². The molecule has 0 aliphatic carbocycles. The third-order valence-electron chi connectivity index (χ3n) is 2.23. The molecule has 0 aliphatic heterocycles. The Labute approximate surface area is 84.6 Å². The van der Waals surface area contributed by atoms with E-state index in [0.717, 1.165) is 18.4 Å². The molecule has 0 bridgehead atoms. The maximum Gasteiger partial charge on any atom is 0.153 e. The Kier molecular flexibility index (Phi) is 3.69. The van der Waals surface area contributed by atoms with Gasteiger partial charge in [-0.15, -0.1) is 0 Å². The van der Waals surface area contributed by atoms with Crippen LogP contribution in [0.25, 0.3) is 0 Å². The third kappa shape index (κ3) is 2.87. The van der Waals surface area contributed by atoms with Crippen molar-refractivity contribution in [1.82, 2.24) is 0 Å². The summed E-state index contributed by atoms with van der Waals surface area (Å²) < 4.78 is 0. The lowest BCUT2D eigenvalue weighted by Gasteiger charge is -2.05. The molecule has 0 saturated carbocycles. The van der Waals surface area contributed by atoms with Crippen LogP contribution in [0.1, 0.15) is 36.2 Å². The van der Waals surface area contributed by atoms with E-state index in [1.807, 2.05) is 6.07 Å². The number of benzene rings is 1. The van der Waals surface area contributed by atoms with E-state index < -0.39 is 0 Å². The van der Waals surface area contributed by atoms with E-state index in [2.05, 4.69) is 13.8 Å². The van der Waals surface area contributed by atoms with Crippen molar-refractivity contribution in [2.24, 2.45) is 5.92 Å². The van der Waals surface area contributed by atoms with E-state index in [0.29, 0.717) is 17.8 Å². The summed E-state index contributed by atoms with van der Waals surface area (Å²) in [6.07, 6.45) is 2.75. The van der Waals surface area contributed by atoms with Gasteiger partial charge in [-0.1, -0.05) is 19.9 Å². The van der Waals surface area contributed by atoms with Crippen LogP contribution in [-0.2, 0) is 6.42 Å². The van der Waals surface area contributed by atoms with Crippen LogP contribution in [0.5, 0.6) is 5.75 Å². The zero-order valence-corrected chi connectivity index (χ0v) is 8.66. The molecule has 1 N–H and O–H groups in total. The lowest BCUT2D eigenvalue weighted by molar-refractivity contribution is 0.112. The molecule has 0 fully saturated rings. The highest BCUT2D eigenvalue weighted by molar-refractivity contribution is 5.79. The highest BCUT2D eigenvalue weighted by atomic mass is 16.3. The molecule has 0 spiro atoms. The molecule has 0 amide bonds. The minimum absolute atomic E-state index is 0.0632. The van der Waals surface area contributed by atoms with Crippen LogP contribution in [0, 0.1) is 5.92 Å². The number of rotatable bonds is 4. The minimum Gasteiger partial charge on any atom is -0.507 e. The zero-order chi connectivity index (χ0) is 10.6. The van der Waals surface area contributed by atoms with Gasteiger partial charge < -0.3 is 5.11 Å². The Hall–Kier alpha value is -1.31. The maximum atomic E-state index is 10.6. The van der Waals surface area contributed by atoms with Crippen LogP contribution in [0.15, 0.2) is 18.2 Å². The first-order valence-electron chi connectivity index (χ1n) is 4.90. The fourth-order valence-electron chi connectivity index (χ4n) is 1.31. The molecule has 76 valence electrons. The number of phenols is 1. The number of aryl methyl sites for hydroxylation is 1. The Morgan fingerprint density at radius 2 is 2.14 bits per heavy atom. The second-order valence-corrected chi connectivity index (χ2v) is 3.94. The van der Waals surface area contributed by atoms with Crippen molar-refractivity contribution < 1.29 is 9.90 Å². The molecule has 1 rings (SSSR count). The first-order chi connectivity index (χ1) is 6.63. The molecule has 0 aliphatic rings. The largest absolute Gasteiger partial charge is 0.507 e. The molecule has 1 aromatic rings. The summed E-state index contributed by atoms with van der Waals surface area (Å²) in [6.45, 7) is 4.34. The Balaban J connectivity index is 2.74. The third-order valence-corrected chi connectivity index (χ3v) is 2.23. The summed E-state index contributed by atoms with van der Waals surface area (Å²) >= 11 is 0. The molecule has 0 atom stereocenters. The van der Waals surface area contributed by atoms with Crippen molar-refractivity contribution >= 4 is 6.29 Å². The van der Waals surface area contributed by atoms with Gasteiger partial charge in [0.2, 0.25) is 0 Å². The maximum absolute atomic E-state index is 10.6. The fraction of sp³-hybridized carbons (Fsp3) is 0.417. The van der Waals surface area contributed by atoms with Crippen molar-refractivity contribution in [1.29, 1.82) is 0 Å². The number of carbonyl (C=O) groups is 1. The average molecular weight is 192 g/mol. The first kappa shape index (κ1) is 10.8. The van der Waals surface area contributed by atoms with Gasteiger partial charge in [0.25, 0.3) is 0 Å². The number of aldehydes is 1. The highest BCUT2D eigenvalue weighted by Gasteiger charge is 2.02. The molecule has 0 unspecified atom stereocenters. The molecule has 2 heteroatoms. The first-order valence-corrected chi connectivity index (χ1v) is 4.90. The lowest BCUT2D eigenvalue weighted by Crippen LogP contribution is -1.93. The monoisotopic (exact) mass is 192 g/mol. The van der Waals surface area contributed by atoms with Crippen molar-refractivity contribution in [3.05, 3.63) is 29.3 Å². The van der Waals surface area contributed by atoms with Crippen molar-refractivity contribution in [2.75, 3.05) is 0 Å². The summed E-state index contributed by atoms with van der Waals surface area (Å²) in [6, 6.07) is 5.20. The minimum atomic E-state index is 0.0632. The Bertz CT molecular complexity index is 316. The topological polar surface area (TPSA) is 37.3 Å². The van der Waals surface area contributed by atoms with Crippen LogP contribution in [-0.4, -0.2) is 11.4 Å². The standard InChI is InChI=1S/C12H16O2/c1-9(2)3-4-10-5-6-12(14)11(7-10)8-13/h5-9,14H,3-4H2,1-2H3. The molecule has 0 saturated heterocycles. The molecule has 0 aromatic heterocycles. The van der Waals surface area contributed by atoms with Crippen LogP contribution < -0.4 is 0 Å². The van der Waals surface area contributed by atoms with Crippen LogP contribution >= 0.6 is 0 Å². The smallest absolute Gasteiger partial charge is 0.153 e. The molecule has 2 nitrogen and oxygen atoms in total. The molecular formula is C12H16O2. The van der Waals surface area contributed by atoms with E-state index in [1.54, 1.807) is 12.1 Å². The van der Waals surface area contributed by atoms with Gasteiger partial charge in [0.1, 0.15) is 5.75 Å². The number of hydrogen-bond acceptors (Lipinski definition) is 2. The summed E-state index contributed by atoms with van der Waals surface area (Å²) in [7, 11) is 0. The second-order valence-electron chi connectivity index (χ2n) is 3.94. The van der Waals surface area contributed by atoms with Gasteiger partial charge >= 0.3 is 0 Å². The predicted octanol–water partition coefficient (Wildman–Crippen LogP) is 2.79. The molecule has 0 heterocycles. The van der Waals surface area contributed by atoms with Crippen LogP contribution in [0.2, 0.25) is 0 Å². The van der Waals surface area contributed by atoms with E-state index in [4.69, 9.17) is 0 Å². The van der Waals surface area contributed by atoms with Gasteiger partial charge in [-0.25, -0.2) is 0 Å². The zero-order valence-electron chi connectivity index (χ0n) is 8.66. The summed E-state index contributed by atoms with van der Waals surface area (Å²) in [4.78, 5) is 10.6. The van der Waals surface area contributed by atoms with E-state index >= 15 is 0 Å². The molecule has 1 aromatic carbocycles.